The SMILES string of the molecule is CCOC(=O)C(N)C(=O)NCCc1ccccn1. The van der Waals surface area contributed by atoms with Crippen molar-refractivity contribution in [3.05, 3.63) is 30.1 Å². The Hall–Kier alpha value is -1.95. The molecule has 0 spiro atoms. The summed E-state index contributed by atoms with van der Waals surface area (Å²) in [7, 11) is 0. The number of carbonyl (C=O) groups excluding carboxylic acids is 2. The molecule has 0 bridgehead atoms. The van der Waals surface area contributed by atoms with Gasteiger partial charge in [-0.25, -0.2) is 4.79 Å². The van der Waals surface area contributed by atoms with Crippen LogP contribution in [0, 0.1) is 0 Å². The Kier molecular flexibility index (Phi) is 5.79. The summed E-state index contributed by atoms with van der Waals surface area (Å²) in [5, 5.41) is 2.57. The zero-order chi connectivity index (χ0) is 13.4. The number of nitrogens with one attached hydrogen (secondary N) is 1. The van der Waals surface area contributed by atoms with Gasteiger partial charge in [0.25, 0.3) is 0 Å². The minimum atomic E-state index is -1.27. The Morgan fingerprint density at radius 2 is 2.28 bits per heavy atom. The smallest absolute Gasteiger partial charge is 0.332 e. The fourth-order valence-electron chi connectivity index (χ4n) is 1.31. The Morgan fingerprint density at radius 3 is 2.89 bits per heavy atom. The van der Waals surface area contributed by atoms with Crippen molar-refractivity contribution >= 4 is 11.9 Å². The molecule has 1 atom stereocenters. The van der Waals surface area contributed by atoms with E-state index in [2.05, 4.69) is 15.0 Å². The minimum absolute atomic E-state index is 0.202. The van der Waals surface area contributed by atoms with Gasteiger partial charge < -0.3 is 15.8 Å². The lowest BCUT2D eigenvalue weighted by Gasteiger charge is -2.10. The van der Waals surface area contributed by atoms with Gasteiger partial charge in [-0.3, -0.25) is 9.78 Å². The molecule has 0 saturated carbocycles. The van der Waals surface area contributed by atoms with Gasteiger partial charge in [-0.15, -0.1) is 0 Å². The van der Waals surface area contributed by atoms with Crippen molar-refractivity contribution in [3.63, 3.8) is 0 Å². The van der Waals surface area contributed by atoms with Gasteiger partial charge >= 0.3 is 5.97 Å². The first-order chi connectivity index (χ1) is 8.65. The van der Waals surface area contributed by atoms with E-state index in [-0.39, 0.29) is 6.61 Å². The standard InChI is InChI=1S/C12H17N3O3/c1-2-18-12(17)10(13)11(16)15-8-6-9-5-3-4-7-14-9/h3-5,7,10H,2,6,8,13H2,1H3,(H,15,16). The number of pyridine rings is 1. The number of rotatable bonds is 6. The average molecular weight is 251 g/mol. The fraction of sp³-hybridized carbons (Fsp3) is 0.417. The number of nitrogens with two attached hydrogens (primary N) is 1. The quantitative estimate of drug-likeness (QED) is 0.531. The van der Waals surface area contributed by atoms with E-state index in [0.717, 1.165) is 5.69 Å². The maximum Gasteiger partial charge on any atom is 0.332 e. The van der Waals surface area contributed by atoms with Crippen LogP contribution < -0.4 is 11.1 Å². The average Bonchev–Trinajstić information content (AvgIpc) is 2.39. The summed E-state index contributed by atoms with van der Waals surface area (Å²) >= 11 is 0. The largest absolute Gasteiger partial charge is 0.464 e. The molecule has 98 valence electrons. The third-order valence-electron chi connectivity index (χ3n) is 2.23. The van der Waals surface area contributed by atoms with Crippen molar-refractivity contribution in [2.24, 2.45) is 5.73 Å². The van der Waals surface area contributed by atoms with Gasteiger partial charge in [0.05, 0.1) is 6.61 Å². The topological polar surface area (TPSA) is 94.3 Å². The van der Waals surface area contributed by atoms with Gasteiger partial charge in [0.1, 0.15) is 0 Å². The van der Waals surface area contributed by atoms with E-state index in [0.29, 0.717) is 13.0 Å². The second-order valence-electron chi connectivity index (χ2n) is 3.59. The molecule has 1 aromatic rings. The summed E-state index contributed by atoms with van der Waals surface area (Å²) < 4.78 is 4.65. The molecule has 18 heavy (non-hydrogen) atoms. The lowest BCUT2D eigenvalue weighted by Crippen LogP contribution is -2.47. The summed E-state index contributed by atoms with van der Waals surface area (Å²) in [5.74, 6) is -1.25. The second-order valence-corrected chi connectivity index (χ2v) is 3.59. The van der Waals surface area contributed by atoms with Gasteiger partial charge in [0.2, 0.25) is 5.91 Å². The van der Waals surface area contributed by atoms with E-state index in [1.54, 1.807) is 13.1 Å². The first-order valence-electron chi connectivity index (χ1n) is 5.75. The lowest BCUT2D eigenvalue weighted by atomic mass is 10.2. The highest BCUT2D eigenvalue weighted by atomic mass is 16.5. The molecule has 0 aliphatic rings. The van der Waals surface area contributed by atoms with Crippen LogP contribution in [0.2, 0.25) is 0 Å². The van der Waals surface area contributed by atoms with E-state index < -0.39 is 17.9 Å². The molecule has 0 aliphatic carbocycles. The Balaban J connectivity index is 2.31. The molecular weight excluding hydrogens is 234 g/mol. The summed E-state index contributed by atoms with van der Waals surface area (Å²) in [4.78, 5) is 26.8. The van der Waals surface area contributed by atoms with Gasteiger partial charge in [-0.05, 0) is 19.1 Å². The van der Waals surface area contributed by atoms with Crippen LogP contribution in [-0.2, 0) is 20.7 Å². The number of hydrogen-bond donors (Lipinski definition) is 2. The predicted molar refractivity (Wildman–Crippen MR) is 65.6 cm³/mol. The number of esters is 1. The molecule has 6 heteroatoms. The number of amides is 1. The normalized spacial score (nSPS) is 11.7. The van der Waals surface area contributed by atoms with Crippen molar-refractivity contribution in [2.45, 2.75) is 19.4 Å². The number of nitrogens with zero attached hydrogens (tertiary/aromatic N) is 1. The third-order valence-corrected chi connectivity index (χ3v) is 2.23. The Labute approximate surface area is 106 Å². The zero-order valence-electron chi connectivity index (χ0n) is 10.3. The second kappa shape index (κ2) is 7.39. The van der Waals surface area contributed by atoms with E-state index in [1.807, 2.05) is 18.2 Å². The summed E-state index contributed by atoms with van der Waals surface area (Å²) in [6.07, 6.45) is 2.27. The van der Waals surface area contributed by atoms with E-state index in [9.17, 15) is 9.59 Å². The Bertz CT molecular complexity index is 395. The van der Waals surface area contributed by atoms with Crippen molar-refractivity contribution in [2.75, 3.05) is 13.2 Å². The van der Waals surface area contributed by atoms with Crippen LogP contribution in [0.25, 0.3) is 0 Å². The molecule has 1 unspecified atom stereocenters. The van der Waals surface area contributed by atoms with Crippen LogP contribution in [-0.4, -0.2) is 36.1 Å². The van der Waals surface area contributed by atoms with Crippen molar-refractivity contribution in [1.29, 1.82) is 0 Å². The fourth-order valence-corrected chi connectivity index (χ4v) is 1.31. The summed E-state index contributed by atoms with van der Waals surface area (Å²) in [6, 6.07) is 4.28. The number of carbonyl (C=O) groups is 2. The van der Waals surface area contributed by atoms with Gasteiger partial charge in [0.15, 0.2) is 6.04 Å². The maximum absolute atomic E-state index is 11.5. The van der Waals surface area contributed by atoms with Crippen molar-refractivity contribution in [1.82, 2.24) is 10.3 Å². The van der Waals surface area contributed by atoms with Crippen LogP contribution in [0.5, 0.6) is 0 Å². The molecule has 0 saturated heterocycles. The number of hydrogen-bond acceptors (Lipinski definition) is 5. The van der Waals surface area contributed by atoms with Gasteiger partial charge in [-0.1, -0.05) is 6.07 Å². The number of ether oxygens (including phenoxy) is 1. The van der Waals surface area contributed by atoms with E-state index in [4.69, 9.17) is 5.73 Å². The van der Waals surface area contributed by atoms with Crippen molar-refractivity contribution in [3.8, 4) is 0 Å². The van der Waals surface area contributed by atoms with Gasteiger partial charge in [-0.2, -0.15) is 0 Å². The molecule has 1 aromatic heterocycles. The van der Waals surface area contributed by atoms with Gasteiger partial charge in [0, 0.05) is 24.9 Å². The predicted octanol–water partition coefficient (Wildman–Crippen LogP) is -0.369. The maximum atomic E-state index is 11.5. The van der Waals surface area contributed by atoms with E-state index >= 15 is 0 Å². The van der Waals surface area contributed by atoms with Crippen LogP contribution in [0.1, 0.15) is 12.6 Å². The molecule has 1 heterocycles. The first kappa shape index (κ1) is 14.1. The summed E-state index contributed by atoms with van der Waals surface area (Å²) in [6.45, 7) is 2.24. The van der Waals surface area contributed by atoms with Crippen LogP contribution in [0.4, 0.5) is 0 Å². The van der Waals surface area contributed by atoms with E-state index in [1.165, 1.54) is 0 Å². The monoisotopic (exact) mass is 251 g/mol. The van der Waals surface area contributed by atoms with Crippen molar-refractivity contribution < 1.29 is 14.3 Å². The molecule has 6 nitrogen and oxygen atoms in total. The molecular formula is C12H17N3O3. The zero-order valence-corrected chi connectivity index (χ0v) is 10.3. The van der Waals surface area contributed by atoms with Crippen LogP contribution >= 0.6 is 0 Å². The minimum Gasteiger partial charge on any atom is -0.464 e. The van der Waals surface area contributed by atoms with Crippen LogP contribution in [0.15, 0.2) is 24.4 Å². The molecule has 3 N–H and O–H groups in total. The Morgan fingerprint density at radius 1 is 1.50 bits per heavy atom. The molecule has 1 amide bonds. The molecule has 1 rings (SSSR count). The van der Waals surface area contributed by atoms with Crippen LogP contribution in [0.3, 0.4) is 0 Å². The molecule has 0 aromatic carbocycles. The first-order valence-corrected chi connectivity index (χ1v) is 5.75. The highest BCUT2D eigenvalue weighted by molar-refractivity contribution is 6.01. The molecule has 0 fully saturated rings. The summed E-state index contributed by atoms with van der Waals surface area (Å²) in [5.41, 5.74) is 6.29. The molecule has 0 aliphatic heterocycles. The number of aromatic nitrogens is 1. The highest BCUT2D eigenvalue weighted by Crippen LogP contribution is 1.93. The highest BCUT2D eigenvalue weighted by Gasteiger charge is 2.22. The lowest BCUT2D eigenvalue weighted by molar-refractivity contribution is -0.147. The molecule has 0 radical (unpaired) electrons. The third kappa shape index (κ3) is 4.50.